The smallest absolute Gasteiger partial charge is 0.174 e. The fourth-order valence-corrected chi connectivity index (χ4v) is 4.23. The molecule has 0 N–H and O–H groups in total. The van der Waals surface area contributed by atoms with Gasteiger partial charge in [-0.05, 0) is 84.5 Å². The average molecular weight is 419 g/mol. The van der Waals surface area contributed by atoms with E-state index in [1.54, 1.807) is 12.1 Å². The predicted molar refractivity (Wildman–Crippen MR) is 119 cm³/mol. The first-order valence-corrected chi connectivity index (χ1v) is 10.9. The van der Waals surface area contributed by atoms with Gasteiger partial charge in [-0.25, -0.2) is 13.2 Å². The van der Waals surface area contributed by atoms with Crippen molar-refractivity contribution in [1.82, 2.24) is 0 Å². The lowest BCUT2D eigenvalue weighted by Crippen LogP contribution is -2.13. The maximum Gasteiger partial charge on any atom is 0.174 e. The molecule has 4 rings (SSSR count). The van der Waals surface area contributed by atoms with Crippen molar-refractivity contribution in [1.29, 1.82) is 0 Å². The number of aryl methyl sites for hydroxylation is 2. The van der Waals surface area contributed by atoms with Crippen LogP contribution < -0.4 is 0 Å². The van der Waals surface area contributed by atoms with Gasteiger partial charge < -0.3 is 0 Å². The maximum atomic E-state index is 14.7. The molecule has 3 heteroatoms. The summed E-state index contributed by atoms with van der Waals surface area (Å²) in [4.78, 5) is 0. The zero-order valence-electron chi connectivity index (χ0n) is 17.7. The molecule has 0 heterocycles. The molecule has 0 saturated heterocycles. The summed E-state index contributed by atoms with van der Waals surface area (Å²) >= 11 is 0. The van der Waals surface area contributed by atoms with Gasteiger partial charge in [-0.1, -0.05) is 55.5 Å². The Bertz CT molecular complexity index is 1130. The molecule has 0 fully saturated rings. The zero-order chi connectivity index (χ0) is 21.8. The summed E-state index contributed by atoms with van der Waals surface area (Å²) in [5, 5.41) is 0. The fraction of sp³-hybridized carbons (Fsp3) is 0.286. The second-order valence-electron chi connectivity index (χ2n) is 8.24. The van der Waals surface area contributed by atoms with E-state index in [-0.39, 0.29) is 11.1 Å². The first kappa shape index (κ1) is 21.2. The monoisotopic (exact) mass is 418 g/mol. The van der Waals surface area contributed by atoms with Crippen LogP contribution in [0.3, 0.4) is 0 Å². The van der Waals surface area contributed by atoms with Crippen molar-refractivity contribution < 1.29 is 13.2 Å². The third-order valence-corrected chi connectivity index (χ3v) is 6.07. The van der Waals surface area contributed by atoms with E-state index in [9.17, 15) is 13.2 Å². The molecule has 3 aromatic carbocycles. The standard InChI is InChI=1S/C28H25F3/c1-2-3-5-19-8-10-20(11-9-19)22-13-14-23-16-24(27(30)18-25(23)17-22)15-12-21-6-4-7-26(29)28(21)31/h4,6-11,16,18,22H,2-3,5,13-14,17H2,1H3. The number of unbranched alkanes of at least 4 members (excludes halogenated alkanes) is 1. The summed E-state index contributed by atoms with van der Waals surface area (Å²) in [5.41, 5.74) is 4.91. The minimum absolute atomic E-state index is 0.0698. The lowest BCUT2D eigenvalue weighted by Gasteiger charge is -2.25. The zero-order valence-corrected chi connectivity index (χ0v) is 17.7. The van der Waals surface area contributed by atoms with Crippen LogP contribution in [-0.4, -0.2) is 0 Å². The lowest BCUT2D eigenvalue weighted by molar-refractivity contribution is 0.506. The molecule has 0 aromatic heterocycles. The van der Waals surface area contributed by atoms with Crippen molar-refractivity contribution in [3.05, 3.63) is 105 Å². The van der Waals surface area contributed by atoms with Gasteiger partial charge in [0.2, 0.25) is 0 Å². The minimum atomic E-state index is -1.00. The highest BCUT2D eigenvalue weighted by Gasteiger charge is 2.21. The van der Waals surface area contributed by atoms with E-state index in [0.29, 0.717) is 5.92 Å². The van der Waals surface area contributed by atoms with Crippen LogP contribution in [0.25, 0.3) is 0 Å². The molecule has 1 aliphatic rings. The molecule has 31 heavy (non-hydrogen) atoms. The van der Waals surface area contributed by atoms with E-state index in [2.05, 4.69) is 43.0 Å². The maximum absolute atomic E-state index is 14.7. The van der Waals surface area contributed by atoms with Gasteiger partial charge in [0.25, 0.3) is 0 Å². The summed E-state index contributed by atoms with van der Waals surface area (Å²) in [5.74, 6) is 3.25. The summed E-state index contributed by atoms with van der Waals surface area (Å²) < 4.78 is 41.8. The van der Waals surface area contributed by atoms with Crippen LogP contribution in [0.15, 0.2) is 54.6 Å². The van der Waals surface area contributed by atoms with Crippen LogP contribution in [0.4, 0.5) is 13.2 Å². The first-order chi connectivity index (χ1) is 15.0. The van der Waals surface area contributed by atoms with Crippen LogP contribution in [-0.2, 0) is 19.3 Å². The Labute approximate surface area is 182 Å². The van der Waals surface area contributed by atoms with Gasteiger partial charge in [0.05, 0.1) is 11.1 Å². The van der Waals surface area contributed by atoms with Crippen LogP contribution >= 0.6 is 0 Å². The van der Waals surface area contributed by atoms with Crippen LogP contribution in [0.2, 0.25) is 0 Å². The Hall–Kier alpha value is -2.99. The predicted octanol–water partition coefficient (Wildman–Crippen LogP) is 7.12. The van der Waals surface area contributed by atoms with E-state index in [4.69, 9.17) is 0 Å². The fourth-order valence-electron chi connectivity index (χ4n) is 4.23. The number of hydrogen-bond acceptors (Lipinski definition) is 0. The Morgan fingerprint density at radius 2 is 1.65 bits per heavy atom. The largest absolute Gasteiger partial charge is 0.206 e. The molecule has 0 nitrogen and oxygen atoms in total. The summed E-state index contributed by atoms with van der Waals surface area (Å²) in [6, 6.07) is 16.0. The molecule has 0 aliphatic heterocycles. The summed E-state index contributed by atoms with van der Waals surface area (Å²) in [7, 11) is 0. The first-order valence-electron chi connectivity index (χ1n) is 10.9. The lowest BCUT2D eigenvalue weighted by atomic mass is 9.79. The van der Waals surface area contributed by atoms with Gasteiger partial charge in [-0.15, -0.1) is 0 Å². The van der Waals surface area contributed by atoms with E-state index >= 15 is 0 Å². The van der Waals surface area contributed by atoms with Crippen molar-refractivity contribution in [2.45, 2.75) is 51.4 Å². The third kappa shape index (κ3) is 4.85. The Balaban J connectivity index is 1.52. The van der Waals surface area contributed by atoms with E-state index in [0.717, 1.165) is 42.9 Å². The Kier molecular flexibility index (Phi) is 6.47. The summed E-state index contributed by atoms with van der Waals surface area (Å²) in [6.45, 7) is 2.20. The van der Waals surface area contributed by atoms with Gasteiger partial charge in [0, 0.05) is 0 Å². The molecule has 1 unspecified atom stereocenters. The normalized spacial score (nSPS) is 15.2. The quantitative estimate of drug-likeness (QED) is 0.396. The van der Waals surface area contributed by atoms with Gasteiger partial charge in [-0.2, -0.15) is 0 Å². The van der Waals surface area contributed by atoms with Crippen molar-refractivity contribution in [3.63, 3.8) is 0 Å². The number of rotatable bonds is 4. The molecule has 158 valence electrons. The van der Waals surface area contributed by atoms with Gasteiger partial charge in [-0.3, -0.25) is 0 Å². The van der Waals surface area contributed by atoms with Crippen molar-refractivity contribution >= 4 is 0 Å². The van der Waals surface area contributed by atoms with Crippen molar-refractivity contribution in [2.75, 3.05) is 0 Å². The van der Waals surface area contributed by atoms with Gasteiger partial charge in [0.15, 0.2) is 11.6 Å². The minimum Gasteiger partial charge on any atom is -0.206 e. The highest BCUT2D eigenvalue weighted by atomic mass is 19.2. The van der Waals surface area contributed by atoms with Crippen molar-refractivity contribution in [2.24, 2.45) is 0 Å². The highest BCUT2D eigenvalue weighted by molar-refractivity contribution is 5.48. The SMILES string of the molecule is CCCCc1ccc(C2CCc3cc(C#Cc4cccc(F)c4F)c(F)cc3C2)cc1. The molecule has 1 aliphatic carbocycles. The Morgan fingerprint density at radius 3 is 2.42 bits per heavy atom. The molecule has 0 amide bonds. The van der Waals surface area contributed by atoms with Crippen LogP contribution in [0.1, 0.15) is 65.5 Å². The van der Waals surface area contributed by atoms with Crippen molar-refractivity contribution in [3.8, 4) is 11.8 Å². The average Bonchev–Trinajstić information content (AvgIpc) is 2.78. The molecule has 3 aromatic rings. The van der Waals surface area contributed by atoms with Crippen LogP contribution in [0.5, 0.6) is 0 Å². The molecular weight excluding hydrogens is 393 g/mol. The second-order valence-corrected chi connectivity index (χ2v) is 8.24. The third-order valence-electron chi connectivity index (χ3n) is 6.07. The topological polar surface area (TPSA) is 0 Å². The molecular formula is C28H25F3. The van der Waals surface area contributed by atoms with Crippen LogP contribution in [0, 0.1) is 29.3 Å². The Morgan fingerprint density at radius 1 is 0.871 bits per heavy atom. The molecule has 0 radical (unpaired) electrons. The number of halogens is 3. The number of fused-ring (bicyclic) bond motifs is 1. The molecule has 1 atom stereocenters. The number of benzene rings is 3. The van der Waals surface area contributed by atoms with Gasteiger partial charge in [0.1, 0.15) is 5.82 Å². The van der Waals surface area contributed by atoms with Gasteiger partial charge >= 0.3 is 0 Å². The van der Waals surface area contributed by atoms with E-state index < -0.39 is 17.5 Å². The molecule has 0 saturated carbocycles. The summed E-state index contributed by atoms with van der Waals surface area (Å²) in [6.07, 6.45) is 6.15. The highest BCUT2D eigenvalue weighted by Crippen LogP contribution is 2.34. The number of hydrogen-bond donors (Lipinski definition) is 0. The van der Waals surface area contributed by atoms with E-state index in [1.165, 1.54) is 36.1 Å². The molecule has 0 bridgehead atoms. The molecule has 0 spiro atoms. The van der Waals surface area contributed by atoms with E-state index in [1.807, 2.05) is 0 Å². The second kappa shape index (κ2) is 9.43.